The van der Waals surface area contributed by atoms with Crippen molar-refractivity contribution in [3.63, 3.8) is 0 Å². The molecule has 0 saturated carbocycles. The molecule has 0 aliphatic carbocycles. The summed E-state index contributed by atoms with van der Waals surface area (Å²) in [7, 11) is 0. The van der Waals surface area contributed by atoms with Crippen molar-refractivity contribution in [1.82, 2.24) is 0 Å². The average molecular weight is 241 g/mol. The Balaban J connectivity index is 1.71. The quantitative estimate of drug-likeness (QED) is 0.552. The van der Waals surface area contributed by atoms with Gasteiger partial charge >= 0.3 is 0 Å². The maximum absolute atomic E-state index is 8.30. The van der Waals surface area contributed by atoms with Crippen molar-refractivity contribution in [2.45, 2.75) is 51.2 Å². The Hall–Kier alpha value is -0.630. The van der Waals surface area contributed by atoms with Crippen molar-refractivity contribution in [2.75, 3.05) is 26.4 Å². The monoisotopic (exact) mass is 241 g/mol. The van der Waals surface area contributed by atoms with E-state index in [1.807, 2.05) is 0 Å². The molecule has 0 aromatic heterocycles. The molecule has 0 spiro atoms. The molecule has 1 fully saturated rings. The lowest BCUT2D eigenvalue weighted by molar-refractivity contribution is -0.111. The van der Waals surface area contributed by atoms with Gasteiger partial charge in [0.05, 0.1) is 19.1 Å². The third-order valence-corrected chi connectivity index (χ3v) is 2.73. The van der Waals surface area contributed by atoms with E-state index < -0.39 is 0 Å². The minimum atomic E-state index is 0.0596. The van der Waals surface area contributed by atoms with Gasteiger partial charge in [0.15, 0.2) is 6.29 Å². The van der Waals surface area contributed by atoms with Gasteiger partial charge in [0.2, 0.25) is 0 Å². The first-order valence-corrected chi connectivity index (χ1v) is 6.61. The Morgan fingerprint density at radius 3 is 2.65 bits per heavy atom. The lowest BCUT2D eigenvalue weighted by atomic mass is 10.2. The van der Waals surface area contributed by atoms with Gasteiger partial charge in [-0.1, -0.05) is 12.8 Å². The standard InChI is InChI=1S/C13H23NO3/c14-8-6-10-15-9-3-1-2-4-11-16-13-7-5-12-17-13/h13H,1-7,9-12H2. The van der Waals surface area contributed by atoms with Gasteiger partial charge in [0, 0.05) is 26.2 Å². The molecule has 4 heteroatoms. The molecule has 1 saturated heterocycles. The highest BCUT2D eigenvalue weighted by Crippen LogP contribution is 2.13. The van der Waals surface area contributed by atoms with E-state index in [1.165, 1.54) is 12.8 Å². The number of unbranched alkanes of at least 4 members (excludes halogenated alkanes) is 3. The van der Waals surface area contributed by atoms with Crippen molar-refractivity contribution < 1.29 is 14.2 Å². The van der Waals surface area contributed by atoms with Crippen LogP contribution in [0.3, 0.4) is 0 Å². The number of rotatable bonds is 10. The van der Waals surface area contributed by atoms with Crippen LogP contribution < -0.4 is 0 Å². The van der Waals surface area contributed by atoms with Gasteiger partial charge < -0.3 is 14.2 Å². The van der Waals surface area contributed by atoms with Crippen LogP contribution in [0.15, 0.2) is 0 Å². The summed E-state index contributed by atoms with van der Waals surface area (Å²) in [4.78, 5) is 0. The Labute approximate surface area is 104 Å². The van der Waals surface area contributed by atoms with Crippen LogP contribution >= 0.6 is 0 Å². The molecule has 1 unspecified atom stereocenters. The van der Waals surface area contributed by atoms with Crippen LogP contribution in [-0.2, 0) is 14.2 Å². The Morgan fingerprint density at radius 2 is 1.94 bits per heavy atom. The van der Waals surface area contributed by atoms with E-state index in [4.69, 9.17) is 19.5 Å². The molecule has 0 aromatic rings. The van der Waals surface area contributed by atoms with E-state index in [0.29, 0.717) is 13.0 Å². The normalized spacial score (nSPS) is 19.4. The van der Waals surface area contributed by atoms with Crippen molar-refractivity contribution in [2.24, 2.45) is 0 Å². The molecule has 0 amide bonds. The summed E-state index contributed by atoms with van der Waals surface area (Å²) >= 11 is 0. The minimum absolute atomic E-state index is 0.0596. The van der Waals surface area contributed by atoms with E-state index in [9.17, 15) is 0 Å². The second-order valence-corrected chi connectivity index (χ2v) is 4.25. The lowest BCUT2D eigenvalue weighted by Gasteiger charge is -2.10. The van der Waals surface area contributed by atoms with Crippen molar-refractivity contribution in [3.8, 4) is 6.07 Å². The number of ether oxygens (including phenoxy) is 3. The smallest absolute Gasteiger partial charge is 0.157 e. The van der Waals surface area contributed by atoms with Crippen LogP contribution in [-0.4, -0.2) is 32.7 Å². The molecule has 1 rings (SSSR count). The van der Waals surface area contributed by atoms with E-state index in [0.717, 1.165) is 45.5 Å². The Bertz CT molecular complexity index is 209. The summed E-state index contributed by atoms with van der Waals surface area (Å²) < 4.78 is 16.2. The third kappa shape index (κ3) is 8.14. The molecule has 1 aliphatic rings. The molecule has 0 aromatic carbocycles. The molecule has 4 nitrogen and oxygen atoms in total. The third-order valence-electron chi connectivity index (χ3n) is 2.73. The number of hydrogen-bond donors (Lipinski definition) is 0. The summed E-state index contributed by atoms with van der Waals surface area (Å²) in [5, 5.41) is 8.30. The van der Waals surface area contributed by atoms with E-state index in [1.54, 1.807) is 0 Å². The number of nitrogens with zero attached hydrogens (tertiary/aromatic N) is 1. The van der Waals surface area contributed by atoms with Crippen molar-refractivity contribution >= 4 is 0 Å². The molecule has 0 N–H and O–H groups in total. The second kappa shape index (κ2) is 10.5. The average Bonchev–Trinajstić information content (AvgIpc) is 2.85. The van der Waals surface area contributed by atoms with Crippen LogP contribution in [0.2, 0.25) is 0 Å². The first-order chi connectivity index (χ1) is 8.43. The fourth-order valence-corrected chi connectivity index (χ4v) is 1.77. The van der Waals surface area contributed by atoms with Crippen LogP contribution in [0, 0.1) is 11.3 Å². The molecule has 1 atom stereocenters. The minimum Gasteiger partial charge on any atom is -0.380 e. The number of nitriles is 1. The molecular weight excluding hydrogens is 218 g/mol. The summed E-state index contributed by atoms with van der Waals surface area (Å²) in [6.07, 6.45) is 7.25. The predicted octanol–water partition coefficient (Wildman–Crippen LogP) is 2.63. The summed E-state index contributed by atoms with van der Waals surface area (Å²) in [6, 6.07) is 2.06. The maximum Gasteiger partial charge on any atom is 0.157 e. The maximum atomic E-state index is 8.30. The molecule has 98 valence electrons. The topological polar surface area (TPSA) is 51.5 Å². The lowest BCUT2D eigenvalue weighted by Crippen LogP contribution is -2.11. The SMILES string of the molecule is N#CCCOCCCCCCOC1CCCO1. The van der Waals surface area contributed by atoms with Crippen molar-refractivity contribution in [3.05, 3.63) is 0 Å². The zero-order valence-corrected chi connectivity index (χ0v) is 10.5. The molecule has 17 heavy (non-hydrogen) atoms. The first-order valence-electron chi connectivity index (χ1n) is 6.61. The van der Waals surface area contributed by atoms with Crippen LogP contribution in [0.5, 0.6) is 0 Å². The molecule has 1 aliphatic heterocycles. The van der Waals surface area contributed by atoms with E-state index in [-0.39, 0.29) is 6.29 Å². The fraction of sp³-hybridized carbons (Fsp3) is 0.923. The molecule has 0 bridgehead atoms. The molecule has 0 radical (unpaired) electrons. The van der Waals surface area contributed by atoms with Crippen molar-refractivity contribution in [1.29, 1.82) is 5.26 Å². The highest BCUT2D eigenvalue weighted by atomic mass is 16.7. The van der Waals surface area contributed by atoms with Gasteiger partial charge in [-0.05, 0) is 19.3 Å². The largest absolute Gasteiger partial charge is 0.380 e. The fourth-order valence-electron chi connectivity index (χ4n) is 1.77. The Morgan fingerprint density at radius 1 is 1.12 bits per heavy atom. The zero-order chi connectivity index (χ0) is 12.2. The van der Waals surface area contributed by atoms with Crippen LogP contribution in [0.25, 0.3) is 0 Å². The zero-order valence-electron chi connectivity index (χ0n) is 10.5. The van der Waals surface area contributed by atoms with E-state index in [2.05, 4.69) is 6.07 Å². The number of hydrogen-bond acceptors (Lipinski definition) is 4. The van der Waals surface area contributed by atoms with Crippen LogP contribution in [0.4, 0.5) is 0 Å². The first kappa shape index (κ1) is 14.4. The van der Waals surface area contributed by atoms with Gasteiger partial charge in [0.1, 0.15) is 0 Å². The second-order valence-electron chi connectivity index (χ2n) is 4.25. The molecular formula is C13H23NO3. The van der Waals surface area contributed by atoms with Crippen LogP contribution in [0.1, 0.15) is 44.9 Å². The summed E-state index contributed by atoms with van der Waals surface area (Å²) in [5.41, 5.74) is 0. The summed E-state index contributed by atoms with van der Waals surface area (Å²) in [6.45, 7) is 3.00. The van der Waals surface area contributed by atoms with Gasteiger partial charge in [0.25, 0.3) is 0 Å². The van der Waals surface area contributed by atoms with Gasteiger partial charge in [-0.25, -0.2) is 0 Å². The van der Waals surface area contributed by atoms with Gasteiger partial charge in [-0.15, -0.1) is 0 Å². The molecule has 1 heterocycles. The Kier molecular flexibility index (Phi) is 8.93. The highest BCUT2D eigenvalue weighted by Gasteiger charge is 2.14. The van der Waals surface area contributed by atoms with Gasteiger partial charge in [-0.3, -0.25) is 0 Å². The predicted molar refractivity (Wildman–Crippen MR) is 64.4 cm³/mol. The van der Waals surface area contributed by atoms with Gasteiger partial charge in [-0.2, -0.15) is 5.26 Å². The highest BCUT2D eigenvalue weighted by molar-refractivity contribution is 4.66. The van der Waals surface area contributed by atoms with E-state index >= 15 is 0 Å². The summed E-state index contributed by atoms with van der Waals surface area (Å²) in [5.74, 6) is 0.